The third-order valence-electron chi connectivity index (χ3n) is 3.69. The van der Waals surface area contributed by atoms with Crippen molar-refractivity contribution in [2.24, 2.45) is 0 Å². The number of nitrogens with zero attached hydrogens (tertiary/aromatic N) is 6. The van der Waals surface area contributed by atoms with E-state index in [1.54, 1.807) is 17.3 Å². The van der Waals surface area contributed by atoms with Gasteiger partial charge in [-0.25, -0.2) is 14.6 Å². The number of hydrogen-bond acceptors (Lipinski definition) is 6. The van der Waals surface area contributed by atoms with Crippen LogP contribution in [0, 0.1) is 0 Å². The number of aromatic nitrogens is 5. The van der Waals surface area contributed by atoms with Gasteiger partial charge >= 0.3 is 0 Å². The third-order valence-corrected chi connectivity index (χ3v) is 3.69. The van der Waals surface area contributed by atoms with Gasteiger partial charge in [0.25, 0.3) is 5.91 Å². The number of amides is 1. The molecule has 0 bridgehead atoms. The lowest BCUT2D eigenvalue weighted by Crippen LogP contribution is -2.48. The highest BCUT2D eigenvalue weighted by Gasteiger charge is 2.28. The Bertz CT molecular complexity index is 691. The summed E-state index contributed by atoms with van der Waals surface area (Å²) in [5.41, 5.74) is 0.810. The van der Waals surface area contributed by atoms with Crippen LogP contribution < -0.4 is 0 Å². The van der Waals surface area contributed by atoms with Crippen LogP contribution >= 0.6 is 0 Å². The zero-order valence-corrected chi connectivity index (χ0v) is 13.5. The first-order valence-corrected chi connectivity index (χ1v) is 7.75. The van der Waals surface area contributed by atoms with Crippen LogP contribution in [0.25, 0.3) is 5.82 Å². The van der Waals surface area contributed by atoms with Crippen molar-refractivity contribution in [2.45, 2.75) is 39.4 Å². The van der Waals surface area contributed by atoms with Crippen LogP contribution in [0.1, 0.15) is 37.1 Å². The zero-order valence-electron chi connectivity index (χ0n) is 13.5. The molecule has 1 aliphatic heterocycles. The van der Waals surface area contributed by atoms with Crippen LogP contribution in [0.2, 0.25) is 0 Å². The molecule has 2 atom stereocenters. The van der Waals surface area contributed by atoms with Crippen molar-refractivity contribution in [3.05, 3.63) is 30.2 Å². The van der Waals surface area contributed by atoms with Crippen molar-refractivity contribution in [3.8, 4) is 5.82 Å². The maximum absolute atomic E-state index is 12.6. The molecule has 1 fully saturated rings. The van der Waals surface area contributed by atoms with E-state index in [1.165, 1.54) is 11.0 Å². The normalized spacial score (nSPS) is 21.4. The van der Waals surface area contributed by atoms with Crippen molar-refractivity contribution in [1.82, 2.24) is 29.6 Å². The van der Waals surface area contributed by atoms with Crippen LogP contribution in [-0.4, -0.2) is 60.8 Å². The molecule has 0 aromatic carbocycles. The Labute approximate surface area is 134 Å². The van der Waals surface area contributed by atoms with Crippen LogP contribution in [0.4, 0.5) is 0 Å². The minimum absolute atomic E-state index is 0.0106. The van der Waals surface area contributed by atoms with Gasteiger partial charge in [-0.05, 0) is 20.3 Å². The molecule has 1 aliphatic rings. The van der Waals surface area contributed by atoms with Gasteiger partial charge in [0.1, 0.15) is 6.33 Å². The number of aryl methyl sites for hydroxylation is 1. The minimum Gasteiger partial charge on any atom is -0.372 e. The van der Waals surface area contributed by atoms with Crippen molar-refractivity contribution >= 4 is 5.91 Å². The molecule has 2 aromatic heterocycles. The Morgan fingerprint density at radius 2 is 1.91 bits per heavy atom. The summed E-state index contributed by atoms with van der Waals surface area (Å²) < 4.78 is 7.16. The SMILES string of the molecule is CCc1nccnc1-n1cnc(C(=O)N2C[C@@H](C)O[C@@H](C)C2)n1. The fourth-order valence-electron chi connectivity index (χ4n) is 2.75. The van der Waals surface area contributed by atoms with Crippen LogP contribution in [0.5, 0.6) is 0 Å². The number of rotatable bonds is 3. The average Bonchev–Trinajstić information content (AvgIpc) is 3.03. The Hall–Kier alpha value is -2.35. The highest BCUT2D eigenvalue weighted by atomic mass is 16.5. The minimum atomic E-state index is -0.187. The van der Waals surface area contributed by atoms with Crippen molar-refractivity contribution in [2.75, 3.05) is 13.1 Å². The van der Waals surface area contributed by atoms with E-state index in [4.69, 9.17) is 4.74 Å². The van der Waals surface area contributed by atoms with Gasteiger partial charge in [-0.2, -0.15) is 0 Å². The summed E-state index contributed by atoms with van der Waals surface area (Å²) in [6, 6.07) is 0. The van der Waals surface area contributed by atoms with Gasteiger partial charge in [-0.1, -0.05) is 6.92 Å². The first-order valence-electron chi connectivity index (χ1n) is 7.75. The standard InChI is InChI=1S/C15H20N6O2/c1-4-12-14(17-6-5-16-12)21-9-18-13(19-21)15(22)20-7-10(2)23-11(3)8-20/h5-6,9-11H,4,7-8H2,1-3H3/t10-,11+. The van der Waals surface area contributed by atoms with Crippen LogP contribution in [0.3, 0.4) is 0 Å². The number of carbonyl (C=O) groups is 1. The van der Waals surface area contributed by atoms with Crippen molar-refractivity contribution in [3.63, 3.8) is 0 Å². The number of carbonyl (C=O) groups excluding carboxylic acids is 1. The van der Waals surface area contributed by atoms with E-state index in [1.807, 2.05) is 20.8 Å². The fourth-order valence-corrected chi connectivity index (χ4v) is 2.75. The van der Waals surface area contributed by atoms with Gasteiger partial charge in [0.2, 0.25) is 5.82 Å². The quantitative estimate of drug-likeness (QED) is 0.835. The Morgan fingerprint density at radius 3 is 2.61 bits per heavy atom. The van der Waals surface area contributed by atoms with Gasteiger partial charge in [-0.3, -0.25) is 9.78 Å². The second-order valence-corrected chi connectivity index (χ2v) is 5.66. The van der Waals surface area contributed by atoms with E-state index >= 15 is 0 Å². The molecular weight excluding hydrogens is 296 g/mol. The van der Waals surface area contributed by atoms with Crippen molar-refractivity contribution < 1.29 is 9.53 Å². The smallest absolute Gasteiger partial charge is 0.293 e. The monoisotopic (exact) mass is 316 g/mol. The van der Waals surface area contributed by atoms with Gasteiger partial charge in [-0.15, -0.1) is 5.10 Å². The lowest BCUT2D eigenvalue weighted by Gasteiger charge is -2.34. The molecule has 3 heterocycles. The largest absolute Gasteiger partial charge is 0.372 e. The molecule has 122 valence electrons. The third kappa shape index (κ3) is 3.21. The summed E-state index contributed by atoms with van der Waals surface area (Å²) in [6.45, 7) is 6.99. The molecule has 0 aliphatic carbocycles. The summed E-state index contributed by atoms with van der Waals surface area (Å²) in [5, 5.41) is 4.29. The van der Waals surface area contributed by atoms with Gasteiger partial charge in [0.15, 0.2) is 5.82 Å². The topological polar surface area (TPSA) is 86.0 Å². The van der Waals surface area contributed by atoms with Gasteiger partial charge in [0.05, 0.1) is 17.9 Å². The Morgan fingerprint density at radius 1 is 1.22 bits per heavy atom. The van der Waals surface area contributed by atoms with E-state index in [9.17, 15) is 4.79 Å². The molecule has 0 spiro atoms. The molecule has 8 heteroatoms. The molecule has 0 N–H and O–H groups in total. The number of ether oxygens (including phenoxy) is 1. The number of morpholine rings is 1. The molecule has 1 saturated heterocycles. The summed E-state index contributed by atoms with van der Waals surface area (Å²) in [7, 11) is 0. The van der Waals surface area contributed by atoms with Crippen LogP contribution in [-0.2, 0) is 11.2 Å². The van der Waals surface area contributed by atoms with Crippen molar-refractivity contribution in [1.29, 1.82) is 0 Å². The maximum Gasteiger partial charge on any atom is 0.293 e. The maximum atomic E-state index is 12.6. The molecule has 0 saturated carbocycles. The lowest BCUT2D eigenvalue weighted by atomic mass is 10.2. The van der Waals surface area contributed by atoms with Gasteiger partial charge in [0, 0.05) is 25.5 Å². The summed E-state index contributed by atoms with van der Waals surface area (Å²) in [4.78, 5) is 27.0. The molecule has 3 rings (SSSR count). The zero-order chi connectivity index (χ0) is 16.4. The Balaban J connectivity index is 1.83. The molecular formula is C15H20N6O2. The molecule has 0 radical (unpaired) electrons. The molecule has 1 amide bonds. The van der Waals surface area contributed by atoms with Crippen LogP contribution in [0.15, 0.2) is 18.7 Å². The summed E-state index contributed by atoms with van der Waals surface area (Å²) >= 11 is 0. The lowest BCUT2D eigenvalue weighted by molar-refractivity contribution is -0.0588. The van der Waals surface area contributed by atoms with E-state index in [0.717, 1.165) is 12.1 Å². The van der Waals surface area contributed by atoms with E-state index in [-0.39, 0.29) is 23.9 Å². The fraction of sp³-hybridized carbons (Fsp3) is 0.533. The number of hydrogen-bond donors (Lipinski definition) is 0. The first kappa shape index (κ1) is 15.5. The van der Waals surface area contributed by atoms with E-state index in [2.05, 4.69) is 20.1 Å². The molecule has 23 heavy (non-hydrogen) atoms. The highest BCUT2D eigenvalue weighted by Crippen LogP contribution is 2.14. The predicted octanol–water partition coefficient (Wildman–Crippen LogP) is 0.869. The van der Waals surface area contributed by atoms with Gasteiger partial charge < -0.3 is 9.64 Å². The Kier molecular flexibility index (Phi) is 4.33. The second-order valence-electron chi connectivity index (χ2n) is 5.66. The molecule has 8 nitrogen and oxygen atoms in total. The highest BCUT2D eigenvalue weighted by molar-refractivity contribution is 5.90. The van der Waals surface area contributed by atoms with E-state index < -0.39 is 0 Å². The summed E-state index contributed by atoms with van der Waals surface area (Å²) in [6.07, 6.45) is 5.49. The van der Waals surface area contributed by atoms with E-state index in [0.29, 0.717) is 18.9 Å². The first-order chi connectivity index (χ1) is 11.1. The average molecular weight is 316 g/mol. The molecule has 0 unspecified atom stereocenters. The summed E-state index contributed by atoms with van der Waals surface area (Å²) in [5.74, 6) is 0.581. The predicted molar refractivity (Wildman–Crippen MR) is 82.2 cm³/mol. The molecule has 2 aromatic rings. The second kappa shape index (κ2) is 6.41.